The van der Waals surface area contributed by atoms with Gasteiger partial charge in [0.15, 0.2) is 0 Å². The molecule has 0 spiro atoms. The number of hydrogen-bond donors (Lipinski definition) is 1. The molecule has 2 rings (SSSR count). The Bertz CT molecular complexity index is 406. The van der Waals surface area contributed by atoms with Gasteiger partial charge in [0.05, 0.1) is 6.10 Å². The molecule has 19 heavy (non-hydrogen) atoms. The number of likely N-dealkylation sites (tertiary alicyclic amines) is 1. The molecule has 1 aromatic rings. The molecule has 1 saturated heterocycles. The highest BCUT2D eigenvalue weighted by atomic mass is 16.3. The van der Waals surface area contributed by atoms with E-state index in [4.69, 9.17) is 0 Å². The Morgan fingerprint density at radius 3 is 2.63 bits per heavy atom. The number of amides is 1. The van der Waals surface area contributed by atoms with Gasteiger partial charge < -0.3 is 14.6 Å². The molecule has 0 bridgehead atoms. The Labute approximate surface area is 115 Å². The van der Waals surface area contributed by atoms with Crippen LogP contribution >= 0.6 is 0 Å². The van der Waals surface area contributed by atoms with Gasteiger partial charge in [-0.1, -0.05) is 19.8 Å². The van der Waals surface area contributed by atoms with Crippen molar-refractivity contribution in [3.05, 3.63) is 24.0 Å². The molecule has 1 unspecified atom stereocenters. The van der Waals surface area contributed by atoms with Gasteiger partial charge in [-0.25, -0.2) is 0 Å². The van der Waals surface area contributed by atoms with Gasteiger partial charge in [-0.05, 0) is 30.9 Å². The minimum absolute atomic E-state index is 0.190. The van der Waals surface area contributed by atoms with Crippen molar-refractivity contribution in [2.24, 2.45) is 0 Å². The minimum Gasteiger partial charge on any atom is -0.388 e. The molecule has 1 atom stereocenters. The van der Waals surface area contributed by atoms with Crippen molar-refractivity contribution in [3.8, 4) is 0 Å². The molecule has 1 aromatic heterocycles. The largest absolute Gasteiger partial charge is 0.388 e. The number of carbonyl (C=O) groups excluding carboxylic acids is 1. The van der Waals surface area contributed by atoms with Crippen LogP contribution in [0.5, 0.6) is 0 Å². The molecule has 2 heterocycles. The first kappa shape index (κ1) is 14.1. The molecule has 1 aliphatic heterocycles. The molecule has 1 N–H and O–H groups in total. The number of rotatable bonds is 4. The van der Waals surface area contributed by atoms with Crippen LogP contribution in [0.1, 0.15) is 50.7 Å². The molecule has 0 radical (unpaired) electrons. The molecule has 1 amide bonds. The van der Waals surface area contributed by atoms with E-state index in [0.717, 1.165) is 31.5 Å². The zero-order chi connectivity index (χ0) is 13.7. The molecule has 1 fully saturated rings. The van der Waals surface area contributed by atoms with E-state index < -0.39 is 6.10 Å². The summed E-state index contributed by atoms with van der Waals surface area (Å²) in [6.45, 7) is 4.12. The number of carbonyl (C=O) groups is 1. The molecular formula is C15H24N2O2. The van der Waals surface area contributed by atoms with Crippen LogP contribution in [0, 0.1) is 0 Å². The van der Waals surface area contributed by atoms with Crippen molar-refractivity contribution in [2.45, 2.75) is 51.7 Å². The summed E-state index contributed by atoms with van der Waals surface area (Å²) >= 11 is 0. The van der Waals surface area contributed by atoms with Gasteiger partial charge in [-0.2, -0.15) is 0 Å². The van der Waals surface area contributed by atoms with Gasteiger partial charge in [0.25, 0.3) is 0 Å². The third kappa shape index (κ3) is 3.83. The van der Waals surface area contributed by atoms with Crippen molar-refractivity contribution in [3.63, 3.8) is 0 Å². The number of aliphatic hydroxyl groups excluding tert-OH is 1. The lowest BCUT2D eigenvalue weighted by Gasteiger charge is -2.20. The zero-order valence-corrected chi connectivity index (χ0v) is 11.7. The van der Waals surface area contributed by atoms with Crippen LogP contribution in [0.25, 0.3) is 0 Å². The normalized spacial score (nSPS) is 18.1. The van der Waals surface area contributed by atoms with Gasteiger partial charge >= 0.3 is 0 Å². The predicted octanol–water partition coefficient (Wildman–Crippen LogP) is 2.33. The Morgan fingerprint density at radius 1 is 1.32 bits per heavy atom. The monoisotopic (exact) mass is 264 g/mol. The maximum absolute atomic E-state index is 12.2. The van der Waals surface area contributed by atoms with E-state index in [0.29, 0.717) is 13.0 Å². The highest BCUT2D eigenvalue weighted by Gasteiger charge is 2.16. The third-order valence-corrected chi connectivity index (χ3v) is 3.82. The predicted molar refractivity (Wildman–Crippen MR) is 74.7 cm³/mol. The number of aliphatic hydroxyl groups is 1. The van der Waals surface area contributed by atoms with Gasteiger partial charge in [0.2, 0.25) is 5.91 Å². The summed E-state index contributed by atoms with van der Waals surface area (Å²) in [5.74, 6) is 0.190. The molecule has 0 aliphatic carbocycles. The van der Waals surface area contributed by atoms with Crippen molar-refractivity contribution in [2.75, 3.05) is 13.1 Å². The van der Waals surface area contributed by atoms with Crippen LogP contribution in [0.3, 0.4) is 0 Å². The van der Waals surface area contributed by atoms with Gasteiger partial charge in [-0.3, -0.25) is 4.79 Å². The standard InChI is InChI=1S/C15H24N2O2/c1-2-14(18)13-7-10-16(11-13)12-15(19)17-8-5-3-4-6-9-17/h7,10-11,14,18H,2-6,8-9,12H2,1H3. The van der Waals surface area contributed by atoms with Crippen LogP contribution in [0.4, 0.5) is 0 Å². The lowest BCUT2D eigenvalue weighted by molar-refractivity contribution is -0.131. The summed E-state index contributed by atoms with van der Waals surface area (Å²) in [6, 6.07) is 1.89. The third-order valence-electron chi connectivity index (χ3n) is 3.82. The molecule has 1 aliphatic rings. The van der Waals surface area contributed by atoms with Crippen LogP contribution < -0.4 is 0 Å². The van der Waals surface area contributed by atoms with Gasteiger partial charge in [-0.15, -0.1) is 0 Å². The van der Waals surface area contributed by atoms with Crippen molar-refractivity contribution in [1.29, 1.82) is 0 Å². The summed E-state index contributed by atoms with van der Waals surface area (Å²) in [5.41, 5.74) is 0.895. The highest BCUT2D eigenvalue weighted by molar-refractivity contribution is 5.76. The maximum atomic E-state index is 12.2. The minimum atomic E-state index is -0.422. The smallest absolute Gasteiger partial charge is 0.242 e. The van der Waals surface area contributed by atoms with Crippen molar-refractivity contribution < 1.29 is 9.90 Å². The topological polar surface area (TPSA) is 45.5 Å². The lowest BCUT2D eigenvalue weighted by Crippen LogP contribution is -2.34. The molecule has 4 heteroatoms. The van der Waals surface area contributed by atoms with Gasteiger partial charge in [0, 0.05) is 25.5 Å². The number of aromatic nitrogens is 1. The van der Waals surface area contributed by atoms with E-state index in [1.54, 1.807) is 0 Å². The lowest BCUT2D eigenvalue weighted by atomic mass is 10.1. The van der Waals surface area contributed by atoms with Crippen LogP contribution in [0.2, 0.25) is 0 Å². The fourth-order valence-corrected chi connectivity index (χ4v) is 2.57. The van der Waals surface area contributed by atoms with E-state index in [2.05, 4.69) is 0 Å². The van der Waals surface area contributed by atoms with E-state index in [1.165, 1.54) is 12.8 Å². The Morgan fingerprint density at radius 2 is 2.00 bits per heavy atom. The first-order valence-electron chi connectivity index (χ1n) is 7.32. The molecule has 0 aromatic carbocycles. The second kappa shape index (κ2) is 6.75. The van der Waals surface area contributed by atoms with E-state index in [-0.39, 0.29) is 5.91 Å². The van der Waals surface area contributed by atoms with Gasteiger partial charge in [0.1, 0.15) is 6.54 Å². The SMILES string of the molecule is CCC(O)c1ccn(CC(=O)N2CCCCCC2)c1. The summed E-state index contributed by atoms with van der Waals surface area (Å²) < 4.78 is 1.88. The van der Waals surface area contributed by atoms with E-state index in [1.807, 2.05) is 34.9 Å². The summed E-state index contributed by atoms with van der Waals surface area (Å²) in [5, 5.41) is 9.75. The average Bonchev–Trinajstić information content (AvgIpc) is 2.71. The highest BCUT2D eigenvalue weighted by Crippen LogP contribution is 2.16. The molecule has 106 valence electrons. The fourth-order valence-electron chi connectivity index (χ4n) is 2.57. The Balaban J connectivity index is 1.92. The first-order chi connectivity index (χ1) is 9.20. The van der Waals surface area contributed by atoms with Crippen LogP contribution in [0.15, 0.2) is 18.5 Å². The van der Waals surface area contributed by atoms with Crippen LogP contribution in [-0.4, -0.2) is 33.6 Å². The van der Waals surface area contributed by atoms with Crippen molar-refractivity contribution >= 4 is 5.91 Å². The molecule has 4 nitrogen and oxygen atoms in total. The quantitative estimate of drug-likeness (QED) is 0.907. The first-order valence-corrected chi connectivity index (χ1v) is 7.32. The van der Waals surface area contributed by atoms with Crippen molar-refractivity contribution in [1.82, 2.24) is 9.47 Å². The van der Waals surface area contributed by atoms with E-state index >= 15 is 0 Å². The Hall–Kier alpha value is -1.29. The second-order valence-corrected chi connectivity index (χ2v) is 5.34. The summed E-state index contributed by atoms with van der Waals surface area (Å²) in [6.07, 6.45) is 8.75. The number of hydrogen-bond acceptors (Lipinski definition) is 2. The average molecular weight is 264 g/mol. The second-order valence-electron chi connectivity index (χ2n) is 5.34. The fraction of sp³-hybridized carbons (Fsp3) is 0.667. The van der Waals surface area contributed by atoms with E-state index in [9.17, 15) is 9.90 Å². The zero-order valence-electron chi connectivity index (χ0n) is 11.7. The molecular weight excluding hydrogens is 240 g/mol. The maximum Gasteiger partial charge on any atom is 0.242 e. The molecule has 0 saturated carbocycles. The summed E-state index contributed by atoms with van der Waals surface area (Å²) in [7, 11) is 0. The van der Waals surface area contributed by atoms with Crippen LogP contribution in [-0.2, 0) is 11.3 Å². The summed E-state index contributed by atoms with van der Waals surface area (Å²) in [4.78, 5) is 14.2. The number of nitrogens with zero attached hydrogens (tertiary/aromatic N) is 2. The Kier molecular flexibility index (Phi) is 5.02.